The maximum Gasteiger partial charge on any atom is 0.305 e. The quantitative estimate of drug-likeness (QED) is 0.626. The van der Waals surface area contributed by atoms with E-state index in [9.17, 15) is 10.1 Å². The Balaban J connectivity index is 1.87. The highest BCUT2D eigenvalue weighted by Gasteiger charge is 2.09. The molecule has 0 saturated carbocycles. The van der Waals surface area contributed by atoms with Crippen molar-refractivity contribution in [2.45, 2.75) is 26.3 Å². The lowest BCUT2D eigenvalue weighted by Gasteiger charge is -2.04. The Morgan fingerprint density at radius 2 is 2.33 bits per heavy atom. The van der Waals surface area contributed by atoms with E-state index in [0.29, 0.717) is 25.1 Å². The van der Waals surface area contributed by atoms with Gasteiger partial charge in [0.25, 0.3) is 0 Å². The molecule has 0 atom stereocenters. The summed E-state index contributed by atoms with van der Waals surface area (Å²) < 4.78 is 6.82. The van der Waals surface area contributed by atoms with E-state index < -0.39 is 0 Å². The predicted octanol–water partition coefficient (Wildman–Crippen LogP) is 2.24. The number of ether oxygens (including phenoxy) is 1. The third-order valence-corrected chi connectivity index (χ3v) is 3.23. The first kappa shape index (κ1) is 15.1. The number of carbonyl (C=O) groups is 1. The average Bonchev–Trinajstić information content (AvgIpc) is 2.84. The molecule has 2 rings (SSSR count). The second kappa shape index (κ2) is 7.46. The van der Waals surface area contributed by atoms with Gasteiger partial charge in [-0.2, -0.15) is 5.26 Å². The van der Waals surface area contributed by atoms with Crippen LogP contribution < -0.4 is 5.32 Å². The molecule has 0 radical (unpaired) electrons. The molecule has 0 aliphatic rings. The molecule has 0 aliphatic carbocycles. The molecule has 0 amide bonds. The molecule has 110 valence electrons. The minimum atomic E-state index is -0.161. The molecule has 0 unspecified atom stereocenters. The normalized spacial score (nSPS) is 10.5. The Bertz CT molecular complexity index is 655. The van der Waals surface area contributed by atoms with Crippen LogP contribution in [0.4, 0.5) is 0 Å². The number of nitrogens with zero attached hydrogens (tertiary/aromatic N) is 2. The molecule has 2 aromatic rings. The van der Waals surface area contributed by atoms with E-state index in [1.165, 1.54) is 0 Å². The molecule has 0 aromatic carbocycles. The van der Waals surface area contributed by atoms with Crippen LogP contribution in [0, 0.1) is 11.3 Å². The monoisotopic (exact) mass is 285 g/mol. The Hall–Kier alpha value is -2.32. The molecule has 2 aromatic heterocycles. The summed E-state index contributed by atoms with van der Waals surface area (Å²) in [6.45, 7) is 3.57. The van der Waals surface area contributed by atoms with Gasteiger partial charge < -0.3 is 14.5 Å². The van der Waals surface area contributed by atoms with Gasteiger partial charge >= 0.3 is 5.97 Å². The fourth-order valence-electron chi connectivity index (χ4n) is 2.25. The van der Waals surface area contributed by atoms with Crippen molar-refractivity contribution in [2.24, 2.45) is 0 Å². The van der Waals surface area contributed by atoms with Crippen molar-refractivity contribution in [1.82, 2.24) is 9.72 Å². The molecule has 0 bridgehead atoms. The number of nitrogens with one attached hydrogen (secondary N) is 1. The van der Waals surface area contributed by atoms with Crippen molar-refractivity contribution in [3.05, 3.63) is 41.7 Å². The van der Waals surface area contributed by atoms with Crippen LogP contribution >= 0.6 is 0 Å². The molecule has 21 heavy (non-hydrogen) atoms. The van der Waals surface area contributed by atoms with Crippen LogP contribution in [-0.2, 0) is 16.1 Å². The highest BCUT2D eigenvalue weighted by molar-refractivity contribution is 5.69. The van der Waals surface area contributed by atoms with E-state index >= 15 is 0 Å². The van der Waals surface area contributed by atoms with Crippen LogP contribution in [0.25, 0.3) is 5.52 Å². The van der Waals surface area contributed by atoms with E-state index in [-0.39, 0.29) is 5.97 Å². The number of fused-ring (bicyclic) bond motifs is 1. The standard InChI is InChI=1S/C16H19N3O2/c1-2-21-16(20)7-5-8-18-11-13-12-19-9-4-3-6-15(19)14(13)10-17/h3-4,6,9,12,18H,2,5,7-8,11H2,1H3. The molecule has 1 N–H and O–H groups in total. The zero-order valence-corrected chi connectivity index (χ0v) is 12.1. The van der Waals surface area contributed by atoms with Crippen LogP contribution in [0.5, 0.6) is 0 Å². The molecule has 2 heterocycles. The van der Waals surface area contributed by atoms with Gasteiger partial charge in [-0.1, -0.05) is 6.07 Å². The van der Waals surface area contributed by atoms with Gasteiger partial charge in [-0.15, -0.1) is 0 Å². The highest BCUT2D eigenvalue weighted by Crippen LogP contribution is 2.17. The van der Waals surface area contributed by atoms with Gasteiger partial charge in [0.15, 0.2) is 0 Å². The number of rotatable bonds is 7. The molecule has 0 spiro atoms. The summed E-state index contributed by atoms with van der Waals surface area (Å²) in [6.07, 6.45) is 5.05. The van der Waals surface area contributed by atoms with Crippen molar-refractivity contribution in [3.8, 4) is 6.07 Å². The largest absolute Gasteiger partial charge is 0.466 e. The van der Waals surface area contributed by atoms with E-state index in [1.807, 2.05) is 35.0 Å². The third kappa shape index (κ3) is 3.83. The fourth-order valence-corrected chi connectivity index (χ4v) is 2.25. The lowest BCUT2D eigenvalue weighted by Crippen LogP contribution is -2.16. The van der Waals surface area contributed by atoms with Gasteiger partial charge in [0, 0.05) is 30.9 Å². The lowest BCUT2D eigenvalue weighted by atomic mass is 10.2. The number of hydrogen-bond acceptors (Lipinski definition) is 4. The zero-order chi connectivity index (χ0) is 15.1. The molecule has 0 fully saturated rings. The Morgan fingerprint density at radius 3 is 3.10 bits per heavy atom. The second-order valence-electron chi connectivity index (χ2n) is 4.72. The van der Waals surface area contributed by atoms with Crippen LogP contribution in [0.2, 0.25) is 0 Å². The van der Waals surface area contributed by atoms with E-state index in [1.54, 1.807) is 6.92 Å². The predicted molar refractivity (Wildman–Crippen MR) is 79.7 cm³/mol. The van der Waals surface area contributed by atoms with E-state index in [0.717, 1.165) is 24.0 Å². The highest BCUT2D eigenvalue weighted by atomic mass is 16.5. The van der Waals surface area contributed by atoms with Gasteiger partial charge in [-0.25, -0.2) is 0 Å². The van der Waals surface area contributed by atoms with Gasteiger partial charge in [0.1, 0.15) is 6.07 Å². The van der Waals surface area contributed by atoms with Gasteiger partial charge in [-0.05, 0) is 32.0 Å². The smallest absolute Gasteiger partial charge is 0.305 e. The second-order valence-corrected chi connectivity index (χ2v) is 4.72. The van der Waals surface area contributed by atoms with Crippen molar-refractivity contribution in [3.63, 3.8) is 0 Å². The fraction of sp³-hybridized carbons (Fsp3) is 0.375. The Kier molecular flexibility index (Phi) is 5.35. The summed E-state index contributed by atoms with van der Waals surface area (Å²) in [5.74, 6) is -0.161. The summed E-state index contributed by atoms with van der Waals surface area (Å²) in [4.78, 5) is 11.2. The van der Waals surface area contributed by atoms with E-state index in [2.05, 4.69) is 11.4 Å². The molecule has 0 aliphatic heterocycles. The molecule has 5 nitrogen and oxygen atoms in total. The minimum Gasteiger partial charge on any atom is -0.466 e. The summed E-state index contributed by atoms with van der Waals surface area (Å²) in [5, 5.41) is 12.6. The van der Waals surface area contributed by atoms with Gasteiger partial charge in [0.05, 0.1) is 17.7 Å². The van der Waals surface area contributed by atoms with Crippen LogP contribution in [0.15, 0.2) is 30.6 Å². The third-order valence-electron chi connectivity index (χ3n) is 3.23. The van der Waals surface area contributed by atoms with Crippen molar-refractivity contribution in [1.29, 1.82) is 5.26 Å². The molecule has 5 heteroatoms. The molecular formula is C16H19N3O2. The number of pyridine rings is 1. The van der Waals surface area contributed by atoms with Crippen molar-refractivity contribution >= 4 is 11.5 Å². The summed E-state index contributed by atoms with van der Waals surface area (Å²) in [5.41, 5.74) is 2.59. The van der Waals surface area contributed by atoms with Crippen molar-refractivity contribution in [2.75, 3.05) is 13.2 Å². The first-order chi connectivity index (χ1) is 10.3. The topological polar surface area (TPSA) is 66.5 Å². The summed E-state index contributed by atoms with van der Waals surface area (Å²) in [7, 11) is 0. The number of esters is 1. The SMILES string of the molecule is CCOC(=O)CCCNCc1cn2ccccc2c1C#N. The number of carbonyl (C=O) groups excluding carboxylic acids is 1. The zero-order valence-electron chi connectivity index (χ0n) is 12.1. The Morgan fingerprint density at radius 1 is 1.48 bits per heavy atom. The first-order valence-corrected chi connectivity index (χ1v) is 7.11. The summed E-state index contributed by atoms with van der Waals surface area (Å²) in [6, 6.07) is 8.05. The van der Waals surface area contributed by atoms with Gasteiger partial charge in [-0.3, -0.25) is 4.79 Å². The minimum absolute atomic E-state index is 0.161. The van der Waals surface area contributed by atoms with Crippen LogP contribution in [0.1, 0.15) is 30.9 Å². The summed E-state index contributed by atoms with van der Waals surface area (Å²) >= 11 is 0. The molecule has 0 saturated heterocycles. The lowest BCUT2D eigenvalue weighted by molar-refractivity contribution is -0.143. The van der Waals surface area contributed by atoms with Crippen LogP contribution in [-0.4, -0.2) is 23.5 Å². The van der Waals surface area contributed by atoms with Crippen molar-refractivity contribution < 1.29 is 9.53 Å². The average molecular weight is 285 g/mol. The Labute approximate surface area is 124 Å². The number of nitriles is 1. The van der Waals surface area contributed by atoms with Gasteiger partial charge in [0.2, 0.25) is 0 Å². The number of hydrogen-bond donors (Lipinski definition) is 1. The van der Waals surface area contributed by atoms with Crippen LogP contribution in [0.3, 0.4) is 0 Å². The first-order valence-electron chi connectivity index (χ1n) is 7.11. The van der Waals surface area contributed by atoms with E-state index in [4.69, 9.17) is 4.74 Å². The molecular weight excluding hydrogens is 266 g/mol. The maximum atomic E-state index is 11.2. The maximum absolute atomic E-state index is 11.2. The number of aromatic nitrogens is 1.